The van der Waals surface area contributed by atoms with Crippen molar-refractivity contribution >= 4 is 11.7 Å². The first-order valence-corrected chi connectivity index (χ1v) is 7.36. The van der Waals surface area contributed by atoms with Crippen LogP contribution in [-0.4, -0.2) is 23.7 Å². The topological polar surface area (TPSA) is 40.5 Å². The molecule has 102 valence electrons. The number of anilines is 1. The van der Waals surface area contributed by atoms with Crippen molar-refractivity contribution in [1.82, 2.24) is 0 Å². The molecule has 1 unspecified atom stereocenters. The van der Waals surface area contributed by atoms with Crippen LogP contribution in [0.1, 0.15) is 48.9 Å². The summed E-state index contributed by atoms with van der Waals surface area (Å²) in [7, 11) is 0. The van der Waals surface area contributed by atoms with Crippen molar-refractivity contribution in [1.29, 1.82) is 0 Å². The fourth-order valence-electron chi connectivity index (χ4n) is 3.83. The molecule has 1 heterocycles. The van der Waals surface area contributed by atoms with E-state index in [4.69, 9.17) is 0 Å². The number of carbonyl (C=O) groups is 1. The van der Waals surface area contributed by atoms with Gasteiger partial charge in [-0.25, -0.2) is 4.79 Å². The van der Waals surface area contributed by atoms with Gasteiger partial charge in [-0.2, -0.15) is 0 Å². The van der Waals surface area contributed by atoms with Crippen molar-refractivity contribution < 1.29 is 9.90 Å². The molecule has 2 fully saturated rings. The maximum atomic E-state index is 11.4. The molecular formula is C16H21NO2. The molecule has 19 heavy (non-hydrogen) atoms. The van der Waals surface area contributed by atoms with Crippen LogP contribution in [0.15, 0.2) is 24.3 Å². The zero-order valence-electron chi connectivity index (χ0n) is 11.2. The van der Waals surface area contributed by atoms with E-state index < -0.39 is 5.97 Å². The Morgan fingerprint density at radius 1 is 1.11 bits per heavy atom. The molecule has 1 saturated carbocycles. The van der Waals surface area contributed by atoms with Crippen LogP contribution in [0.4, 0.5) is 5.69 Å². The first-order chi connectivity index (χ1) is 9.27. The Balaban J connectivity index is 1.90. The summed E-state index contributed by atoms with van der Waals surface area (Å²) in [4.78, 5) is 13.7. The minimum atomic E-state index is -0.812. The maximum Gasteiger partial charge on any atom is 0.337 e. The molecule has 0 spiro atoms. The van der Waals surface area contributed by atoms with Gasteiger partial charge in [0.1, 0.15) is 0 Å². The third-order valence-electron chi connectivity index (χ3n) is 4.69. The van der Waals surface area contributed by atoms with Gasteiger partial charge in [-0.15, -0.1) is 0 Å². The Morgan fingerprint density at radius 3 is 2.58 bits per heavy atom. The summed E-state index contributed by atoms with van der Waals surface area (Å²) in [5.41, 5.74) is 1.37. The fraction of sp³-hybridized carbons (Fsp3) is 0.562. The fourth-order valence-corrected chi connectivity index (χ4v) is 3.83. The summed E-state index contributed by atoms with van der Waals surface area (Å²) >= 11 is 0. The molecule has 0 amide bonds. The number of para-hydroxylation sites is 1. The zero-order chi connectivity index (χ0) is 13.2. The number of benzene rings is 1. The average Bonchev–Trinajstić information content (AvgIpc) is 3.09. The highest BCUT2D eigenvalue weighted by Crippen LogP contribution is 2.38. The second-order valence-corrected chi connectivity index (χ2v) is 5.77. The number of rotatable bonds is 3. The van der Waals surface area contributed by atoms with E-state index in [0.29, 0.717) is 11.6 Å². The summed E-state index contributed by atoms with van der Waals surface area (Å²) in [6.07, 6.45) is 7.73. The van der Waals surface area contributed by atoms with E-state index in [1.54, 1.807) is 6.07 Å². The van der Waals surface area contributed by atoms with Gasteiger partial charge in [-0.3, -0.25) is 0 Å². The molecule has 1 aromatic rings. The van der Waals surface area contributed by atoms with Crippen LogP contribution in [0.25, 0.3) is 0 Å². The van der Waals surface area contributed by atoms with Crippen molar-refractivity contribution in [2.75, 3.05) is 11.4 Å². The van der Waals surface area contributed by atoms with E-state index in [1.807, 2.05) is 18.2 Å². The largest absolute Gasteiger partial charge is 0.478 e. The highest BCUT2D eigenvalue weighted by Gasteiger charge is 2.34. The number of carboxylic acids is 1. The van der Waals surface area contributed by atoms with Crippen LogP contribution in [0.3, 0.4) is 0 Å². The Bertz CT molecular complexity index is 466. The predicted octanol–water partition coefficient (Wildman–Crippen LogP) is 3.54. The molecule has 0 radical (unpaired) electrons. The molecule has 0 bridgehead atoms. The Kier molecular flexibility index (Phi) is 3.45. The number of nitrogens with zero attached hydrogens (tertiary/aromatic N) is 1. The van der Waals surface area contributed by atoms with Gasteiger partial charge >= 0.3 is 5.97 Å². The van der Waals surface area contributed by atoms with Crippen molar-refractivity contribution in [3.8, 4) is 0 Å². The molecular weight excluding hydrogens is 238 g/mol. The summed E-state index contributed by atoms with van der Waals surface area (Å²) in [5, 5.41) is 9.35. The standard InChI is InChI=1S/C16H21NO2/c18-16(19)13-8-3-4-9-15(13)17-11-5-10-14(17)12-6-1-2-7-12/h3-4,8-9,12,14H,1-2,5-7,10-11H2,(H,18,19). The molecule has 0 aromatic heterocycles. The first-order valence-electron chi connectivity index (χ1n) is 7.36. The number of hydrogen-bond donors (Lipinski definition) is 1. The summed E-state index contributed by atoms with van der Waals surface area (Å²) in [5.74, 6) is -0.0444. The molecule has 1 saturated heterocycles. The molecule has 2 aliphatic rings. The summed E-state index contributed by atoms with van der Waals surface area (Å²) in [6, 6.07) is 8.01. The lowest BCUT2D eigenvalue weighted by atomic mass is 9.95. The third-order valence-corrected chi connectivity index (χ3v) is 4.69. The molecule has 1 aromatic carbocycles. The second-order valence-electron chi connectivity index (χ2n) is 5.77. The van der Waals surface area contributed by atoms with Crippen molar-refractivity contribution in [3.63, 3.8) is 0 Å². The summed E-state index contributed by atoms with van der Waals surface area (Å²) < 4.78 is 0. The smallest absolute Gasteiger partial charge is 0.337 e. The van der Waals surface area contributed by atoms with E-state index in [0.717, 1.165) is 18.2 Å². The lowest BCUT2D eigenvalue weighted by Gasteiger charge is -2.32. The minimum absolute atomic E-state index is 0.451. The highest BCUT2D eigenvalue weighted by atomic mass is 16.4. The Morgan fingerprint density at radius 2 is 1.84 bits per heavy atom. The molecule has 1 atom stereocenters. The summed E-state index contributed by atoms with van der Waals surface area (Å²) in [6.45, 7) is 1.01. The van der Waals surface area contributed by atoms with Crippen LogP contribution >= 0.6 is 0 Å². The molecule has 3 heteroatoms. The minimum Gasteiger partial charge on any atom is -0.478 e. The SMILES string of the molecule is O=C(O)c1ccccc1N1CCCC1C1CCCC1. The van der Waals surface area contributed by atoms with E-state index in [-0.39, 0.29) is 0 Å². The molecule has 1 aliphatic heterocycles. The van der Waals surface area contributed by atoms with Crippen molar-refractivity contribution in [3.05, 3.63) is 29.8 Å². The van der Waals surface area contributed by atoms with Gasteiger partial charge in [-0.05, 0) is 43.7 Å². The predicted molar refractivity (Wildman–Crippen MR) is 75.7 cm³/mol. The van der Waals surface area contributed by atoms with Crippen LogP contribution in [-0.2, 0) is 0 Å². The van der Waals surface area contributed by atoms with Crippen LogP contribution < -0.4 is 4.90 Å². The van der Waals surface area contributed by atoms with Gasteiger partial charge in [0.05, 0.1) is 11.3 Å². The molecule has 1 N–H and O–H groups in total. The Hall–Kier alpha value is -1.51. The monoisotopic (exact) mass is 259 g/mol. The second kappa shape index (κ2) is 5.24. The zero-order valence-corrected chi connectivity index (χ0v) is 11.2. The molecule has 1 aliphatic carbocycles. The lowest BCUT2D eigenvalue weighted by molar-refractivity contribution is 0.0697. The molecule has 3 nitrogen and oxygen atoms in total. The van der Waals surface area contributed by atoms with Crippen molar-refractivity contribution in [2.24, 2.45) is 5.92 Å². The normalized spacial score (nSPS) is 24.0. The average molecular weight is 259 g/mol. The highest BCUT2D eigenvalue weighted by molar-refractivity contribution is 5.94. The van der Waals surface area contributed by atoms with Gasteiger partial charge in [0, 0.05) is 12.6 Å². The van der Waals surface area contributed by atoms with E-state index in [2.05, 4.69) is 4.90 Å². The first kappa shape index (κ1) is 12.5. The van der Waals surface area contributed by atoms with Gasteiger partial charge in [0.15, 0.2) is 0 Å². The van der Waals surface area contributed by atoms with E-state index >= 15 is 0 Å². The van der Waals surface area contributed by atoms with Crippen LogP contribution in [0, 0.1) is 5.92 Å². The molecule has 3 rings (SSSR count). The van der Waals surface area contributed by atoms with Crippen LogP contribution in [0.5, 0.6) is 0 Å². The van der Waals surface area contributed by atoms with Gasteiger partial charge in [-0.1, -0.05) is 25.0 Å². The lowest BCUT2D eigenvalue weighted by Crippen LogP contribution is -2.35. The number of hydrogen-bond acceptors (Lipinski definition) is 2. The third kappa shape index (κ3) is 2.34. The number of carboxylic acid groups (broad SMARTS) is 1. The quantitative estimate of drug-likeness (QED) is 0.902. The van der Waals surface area contributed by atoms with Gasteiger partial charge in [0.25, 0.3) is 0 Å². The number of aromatic carboxylic acids is 1. The van der Waals surface area contributed by atoms with Gasteiger partial charge < -0.3 is 10.0 Å². The maximum absolute atomic E-state index is 11.4. The Labute approximate surface area is 114 Å². The van der Waals surface area contributed by atoms with E-state index in [9.17, 15) is 9.90 Å². The van der Waals surface area contributed by atoms with E-state index in [1.165, 1.54) is 38.5 Å². The van der Waals surface area contributed by atoms with Gasteiger partial charge in [0.2, 0.25) is 0 Å². The van der Waals surface area contributed by atoms with Crippen molar-refractivity contribution in [2.45, 2.75) is 44.6 Å². The van der Waals surface area contributed by atoms with Crippen LogP contribution in [0.2, 0.25) is 0 Å².